The van der Waals surface area contributed by atoms with Gasteiger partial charge in [0.05, 0.1) is 47.6 Å². The lowest BCUT2D eigenvalue weighted by atomic mass is 9.77. The van der Waals surface area contributed by atoms with Gasteiger partial charge in [0.25, 0.3) is 5.91 Å². The first kappa shape index (κ1) is 44.8. The van der Waals surface area contributed by atoms with Crippen LogP contribution in [0.2, 0.25) is 0 Å². The number of likely N-dealkylation sites (tertiary alicyclic amines) is 2. The molecule has 2 N–H and O–H groups in total. The fourth-order valence-corrected chi connectivity index (χ4v) is 10.0. The predicted molar refractivity (Wildman–Crippen MR) is 223 cm³/mol. The van der Waals surface area contributed by atoms with Gasteiger partial charge in [0, 0.05) is 55.1 Å². The van der Waals surface area contributed by atoms with Crippen molar-refractivity contribution in [2.24, 2.45) is 23.2 Å². The second-order valence-electron chi connectivity index (χ2n) is 18.0. The van der Waals surface area contributed by atoms with Crippen LogP contribution in [0.5, 0.6) is 11.5 Å². The first-order valence-electron chi connectivity index (χ1n) is 20.9. The van der Waals surface area contributed by atoms with Crippen LogP contribution in [0.25, 0.3) is 22.3 Å². The minimum Gasteiger partial charge on any atom is -0.496 e. The summed E-state index contributed by atoms with van der Waals surface area (Å²) in [4.78, 5) is 69.0. The summed E-state index contributed by atoms with van der Waals surface area (Å²) < 4.78 is 80.5. The van der Waals surface area contributed by atoms with E-state index in [4.69, 9.17) is 14.5 Å². The van der Waals surface area contributed by atoms with Gasteiger partial charge < -0.3 is 24.6 Å². The summed E-state index contributed by atoms with van der Waals surface area (Å²) in [6.07, 6.45) is -2.01. The smallest absolute Gasteiger partial charge is 0.391 e. The Morgan fingerprint density at radius 2 is 1.74 bits per heavy atom. The number of alkyl halides is 3. The van der Waals surface area contributed by atoms with E-state index in [9.17, 15) is 40.8 Å². The molecule has 7 rings (SSSR count). The Morgan fingerprint density at radius 1 is 1.03 bits per heavy atom. The largest absolute Gasteiger partial charge is 0.496 e. The Balaban J connectivity index is 1.21. The Bertz CT molecular complexity index is 2360. The lowest BCUT2D eigenvalue weighted by molar-refractivity contribution is -0.186. The van der Waals surface area contributed by atoms with Gasteiger partial charge in [-0.1, -0.05) is 32.9 Å². The first-order valence-corrected chi connectivity index (χ1v) is 22.4. The maximum atomic E-state index is 14.9. The van der Waals surface area contributed by atoms with E-state index in [1.165, 1.54) is 15.9 Å². The average Bonchev–Trinajstić information content (AvgIpc) is 4.16. The number of pyridine rings is 2. The molecule has 0 spiro atoms. The molecule has 0 bridgehead atoms. The monoisotopic (exact) mass is 882 g/mol. The van der Waals surface area contributed by atoms with Crippen molar-refractivity contribution in [2.75, 3.05) is 26.7 Å². The molecule has 3 aromatic rings. The normalized spacial score (nSPS) is 23.7. The third kappa shape index (κ3) is 9.11. The number of nitrogens with zero attached hydrogens (tertiary/aromatic N) is 4. The van der Waals surface area contributed by atoms with E-state index in [-0.39, 0.29) is 51.7 Å². The van der Waals surface area contributed by atoms with E-state index in [1.807, 2.05) is 13.0 Å². The Kier molecular flexibility index (Phi) is 12.1. The number of rotatable bonds is 13. The van der Waals surface area contributed by atoms with Gasteiger partial charge in [-0.2, -0.15) is 13.2 Å². The highest BCUT2D eigenvalue weighted by molar-refractivity contribution is 7.91. The minimum atomic E-state index is -4.37. The van der Waals surface area contributed by atoms with Gasteiger partial charge in [-0.15, -0.1) is 6.58 Å². The Morgan fingerprint density at radius 3 is 2.32 bits per heavy atom. The molecule has 62 heavy (non-hydrogen) atoms. The van der Waals surface area contributed by atoms with Crippen LogP contribution in [-0.4, -0.2) is 108 Å². The molecule has 2 aliphatic carbocycles. The molecule has 2 unspecified atom stereocenters. The molecule has 14 nitrogen and oxygen atoms in total. The predicted octanol–water partition coefficient (Wildman–Crippen LogP) is 5.48. The number of hydrogen-bond donors (Lipinski definition) is 2. The quantitative estimate of drug-likeness (QED) is 0.209. The number of carbonyl (C=O) groups is 4. The Labute approximate surface area is 359 Å². The van der Waals surface area contributed by atoms with E-state index in [1.54, 1.807) is 64.4 Å². The van der Waals surface area contributed by atoms with Gasteiger partial charge in [0.15, 0.2) is 0 Å². The standard InChI is InChI=1S/C44H53F3N6O8S/c1-7-26-23-43(26,41(57)51-62(58,59)29-11-12-29)50-39(55)34-20-28(61-36-22-33(32-10-8-9-17-48-32)49-38-25(2)35(60-6)14-13-30(36)38)24-53(34)40(56)31(42(3,4)5)21-37(54)52-18-15-27(16-19-52)44(45,46)47/h7-10,13-14,17,22,26-29,31,34H,1,11-12,15-16,18-21,23-24H2,2-6H3,(H,50,55)(H,51,57)/t26?,28-,31-,34+,43?/m1/s1. The highest BCUT2D eigenvalue weighted by Gasteiger charge is 2.62. The van der Waals surface area contributed by atoms with Gasteiger partial charge in [-0.3, -0.25) is 28.9 Å². The summed E-state index contributed by atoms with van der Waals surface area (Å²) in [5.41, 5.74) is -0.112. The number of ether oxygens (including phenoxy) is 2. The summed E-state index contributed by atoms with van der Waals surface area (Å²) >= 11 is 0. The van der Waals surface area contributed by atoms with Crippen LogP contribution < -0.4 is 19.5 Å². The van der Waals surface area contributed by atoms with Crippen LogP contribution in [0, 0.1) is 30.1 Å². The molecule has 2 aromatic heterocycles. The minimum absolute atomic E-state index is 0.0535. The van der Waals surface area contributed by atoms with Gasteiger partial charge in [-0.25, -0.2) is 13.4 Å². The molecular formula is C44H53F3N6O8S. The molecule has 2 aliphatic heterocycles. The number of halogens is 3. The molecule has 4 fully saturated rings. The van der Waals surface area contributed by atoms with E-state index >= 15 is 0 Å². The molecule has 0 radical (unpaired) electrons. The van der Waals surface area contributed by atoms with Crippen LogP contribution >= 0.6 is 0 Å². The number of carbonyl (C=O) groups excluding carboxylic acids is 4. The summed E-state index contributed by atoms with van der Waals surface area (Å²) in [7, 11) is -2.42. The van der Waals surface area contributed by atoms with Crippen LogP contribution in [0.4, 0.5) is 13.2 Å². The zero-order chi connectivity index (χ0) is 44.9. The molecule has 2 saturated heterocycles. The summed E-state index contributed by atoms with van der Waals surface area (Å²) in [6, 6.07) is 9.47. The van der Waals surface area contributed by atoms with Crippen LogP contribution in [0.1, 0.15) is 71.3 Å². The molecule has 1 aromatic carbocycles. The third-order valence-corrected chi connectivity index (χ3v) is 14.5. The zero-order valence-corrected chi connectivity index (χ0v) is 36.3. The van der Waals surface area contributed by atoms with E-state index in [0.717, 1.165) is 5.56 Å². The number of hydrogen-bond acceptors (Lipinski definition) is 10. The summed E-state index contributed by atoms with van der Waals surface area (Å²) in [5.74, 6) is -4.78. The number of aryl methyl sites for hydroxylation is 1. The van der Waals surface area contributed by atoms with E-state index in [2.05, 4.69) is 21.6 Å². The topological polar surface area (TPSA) is 177 Å². The molecule has 334 valence electrons. The Hall–Kier alpha value is -5.26. The number of nitrogens with one attached hydrogen (secondary N) is 2. The maximum Gasteiger partial charge on any atom is 0.391 e. The van der Waals surface area contributed by atoms with Crippen molar-refractivity contribution in [1.29, 1.82) is 0 Å². The molecule has 4 heterocycles. The van der Waals surface area contributed by atoms with E-state index < -0.39 is 85.9 Å². The number of fused-ring (bicyclic) bond motifs is 1. The molecule has 4 aliphatic rings. The number of piperidine rings is 1. The SMILES string of the molecule is C=CC1CC1(NC(=O)[C@@H]1C[C@@H](Oc2cc(-c3ccccn3)nc3c(C)c(OC)ccc23)CN1C(=O)[C@@H](CC(=O)N1CCC(C(F)(F)F)CC1)C(C)(C)C)C(=O)NS(=O)(=O)C1CC1. The van der Waals surface area contributed by atoms with Crippen molar-refractivity contribution < 1.29 is 50.2 Å². The second kappa shape index (κ2) is 16.8. The highest BCUT2D eigenvalue weighted by atomic mass is 32.2. The second-order valence-corrected chi connectivity index (χ2v) is 20.0. The van der Waals surface area contributed by atoms with Crippen molar-refractivity contribution >= 4 is 44.6 Å². The number of amides is 4. The van der Waals surface area contributed by atoms with Crippen molar-refractivity contribution in [1.82, 2.24) is 29.8 Å². The lowest BCUT2D eigenvalue weighted by Crippen LogP contribution is -2.57. The number of methoxy groups -OCH3 is 1. The third-order valence-electron chi connectivity index (χ3n) is 12.7. The average molecular weight is 883 g/mol. The van der Waals surface area contributed by atoms with Crippen molar-refractivity contribution in [3.63, 3.8) is 0 Å². The lowest BCUT2D eigenvalue weighted by Gasteiger charge is -2.37. The highest BCUT2D eigenvalue weighted by Crippen LogP contribution is 2.46. The molecule has 2 saturated carbocycles. The van der Waals surface area contributed by atoms with Gasteiger partial charge in [0.1, 0.15) is 29.2 Å². The molecule has 5 atom stereocenters. The van der Waals surface area contributed by atoms with Crippen LogP contribution in [-0.2, 0) is 29.2 Å². The van der Waals surface area contributed by atoms with E-state index in [0.29, 0.717) is 46.6 Å². The van der Waals surface area contributed by atoms with Gasteiger partial charge in [0.2, 0.25) is 27.7 Å². The van der Waals surface area contributed by atoms with Crippen molar-refractivity contribution in [2.45, 2.75) is 102 Å². The molecule has 18 heteroatoms. The fraction of sp³-hybridized carbons (Fsp3) is 0.545. The first-order chi connectivity index (χ1) is 29.2. The van der Waals surface area contributed by atoms with Crippen LogP contribution in [0.15, 0.2) is 55.3 Å². The molecule has 4 amide bonds. The van der Waals surface area contributed by atoms with Crippen molar-refractivity contribution in [3.05, 3.63) is 60.8 Å². The van der Waals surface area contributed by atoms with Crippen LogP contribution in [0.3, 0.4) is 0 Å². The zero-order valence-electron chi connectivity index (χ0n) is 35.5. The number of sulfonamides is 1. The summed E-state index contributed by atoms with van der Waals surface area (Å²) in [5, 5.41) is 2.73. The number of benzene rings is 1. The van der Waals surface area contributed by atoms with Gasteiger partial charge >= 0.3 is 6.18 Å². The maximum absolute atomic E-state index is 14.9. The number of aromatic nitrogens is 2. The fourth-order valence-electron chi connectivity index (χ4n) is 8.64. The molecular weight excluding hydrogens is 830 g/mol. The van der Waals surface area contributed by atoms with Gasteiger partial charge in [-0.05, 0) is 68.7 Å². The van der Waals surface area contributed by atoms with Crippen molar-refractivity contribution in [3.8, 4) is 22.9 Å². The summed E-state index contributed by atoms with van der Waals surface area (Å²) in [6.45, 7) is 10.6.